The van der Waals surface area contributed by atoms with Crippen LogP contribution in [0.2, 0.25) is 0 Å². The van der Waals surface area contributed by atoms with Gasteiger partial charge in [0.05, 0.1) is 28.2 Å². The van der Waals surface area contributed by atoms with Crippen LogP contribution in [0.25, 0.3) is 16.6 Å². The first kappa shape index (κ1) is 23.4. The second kappa shape index (κ2) is 10.00. The molecule has 1 aromatic heterocycles. The van der Waals surface area contributed by atoms with E-state index in [0.29, 0.717) is 35.4 Å². The lowest BCUT2D eigenvalue weighted by atomic mass is 10.1. The maximum Gasteiger partial charge on any atom is 0.266 e. The van der Waals surface area contributed by atoms with Crippen molar-refractivity contribution in [1.29, 1.82) is 0 Å². The zero-order chi connectivity index (χ0) is 24.2. The normalized spacial score (nSPS) is 12.0. The number of hydrogen-bond acceptors (Lipinski definition) is 3. The van der Waals surface area contributed by atoms with E-state index in [9.17, 15) is 14.0 Å². The number of nitrogens with zero attached hydrogens (tertiary/aromatic N) is 3. The summed E-state index contributed by atoms with van der Waals surface area (Å²) < 4.78 is 16.0. The van der Waals surface area contributed by atoms with Crippen LogP contribution in [0.5, 0.6) is 0 Å². The van der Waals surface area contributed by atoms with Crippen LogP contribution >= 0.6 is 0 Å². The smallest absolute Gasteiger partial charge is 0.266 e. The van der Waals surface area contributed by atoms with Gasteiger partial charge in [0.2, 0.25) is 0 Å². The van der Waals surface area contributed by atoms with Gasteiger partial charge in [0.25, 0.3) is 11.5 Å². The Labute approximate surface area is 198 Å². The summed E-state index contributed by atoms with van der Waals surface area (Å²) in [5.41, 5.74) is 2.20. The van der Waals surface area contributed by atoms with Crippen LogP contribution in [0, 0.1) is 5.82 Å². The fourth-order valence-corrected chi connectivity index (χ4v) is 4.20. The summed E-state index contributed by atoms with van der Waals surface area (Å²) in [4.78, 5) is 33.5. The zero-order valence-corrected chi connectivity index (χ0v) is 19.7. The summed E-state index contributed by atoms with van der Waals surface area (Å²) in [5.74, 6) is -0.561. The fourth-order valence-electron chi connectivity index (χ4n) is 4.20. The molecule has 0 fully saturated rings. The van der Waals surface area contributed by atoms with Gasteiger partial charge in [-0.1, -0.05) is 50.2 Å². The molecule has 4 rings (SSSR count). The zero-order valence-electron chi connectivity index (χ0n) is 19.7. The number of benzene rings is 3. The lowest BCUT2D eigenvalue weighted by Gasteiger charge is -2.30. The van der Waals surface area contributed by atoms with E-state index in [1.165, 1.54) is 12.1 Å². The Hall–Kier alpha value is -3.80. The van der Waals surface area contributed by atoms with Gasteiger partial charge in [-0.05, 0) is 61.7 Å². The van der Waals surface area contributed by atoms with Gasteiger partial charge in [0.1, 0.15) is 11.6 Å². The van der Waals surface area contributed by atoms with Crippen molar-refractivity contribution in [3.05, 3.63) is 106 Å². The predicted molar refractivity (Wildman–Crippen MR) is 133 cm³/mol. The summed E-state index contributed by atoms with van der Waals surface area (Å²) in [6.07, 6.45) is 1.56. The maximum absolute atomic E-state index is 14.5. The van der Waals surface area contributed by atoms with Crippen molar-refractivity contribution in [1.82, 2.24) is 14.5 Å². The molecule has 1 unspecified atom stereocenters. The molecule has 0 aliphatic carbocycles. The average Bonchev–Trinajstić information content (AvgIpc) is 2.87. The summed E-state index contributed by atoms with van der Waals surface area (Å²) in [6, 6.07) is 20.3. The minimum Gasteiger partial charge on any atom is -0.329 e. The van der Waals surface area contributed by atoms with E-state index in [1.807, 2.05) is 50.2 Å². The molecule has 5 nitrogen and oxygen atoms in total. The minimum absolute atomic E-state index is 0.00443. The molecule has 1 atom stereocenters. The van der Waals surface area contributed by atoms with Crippen molar-refractivity contribution >= 4 is 16.8 Å². The predicted octanol–water partition coefficient (Wildman–Crippen LogP) is 5.70. The van der Waals surface area contributed by atoms with E-state index in [4.69, 9.17) is 4.98 Å². The number of rotatable bonds is 7. The molecule has 0 spiro atoms. The Morgan fingerprint density at radius 2 is 1.68 bits per heavy atom. The molecule has 174 valence electrons. The molecular formula is C28H28FN3O2. The number of amides is 1. The Morgan fingerprint density at radius 1 is 1.00 bits per heavy atom. The highest BCUT2D eigenvalue weighted by molar-refractivity contribution is 5.94. The van der Waals surface area contributed by atoms with Crippen molar-refractivity contribution in [2.24, 2.45) is 0 Å². The molecule has 1 amide bonds. The van der Waals surface area contributed by atoms with E-state index >= 15 is 0 Å². The summed E-state index contributed by atoms with van der Waals surface area (Å²) in [7, 11) is 0. The Kier molecular flexibility index (Phi) is 6.87. The van der Waals surface area contributed by atoms with Crippen molar-refractivity contribution < 1.29 is 9.18 Å². The van der Waals surface area contributed by atoms with Crippen molar-refractivity contribution in [3.8, 4) is 5.69 Å². The van der Waals surface area contributed by atoms with Crippen LogP contribution in [0.3, 0.4) is 0 Å². The Morgan fingerprint density at radius 3 is 2.35 bits per heavy atom. The number of fused-ring (bicyclic) bond motifs is 1. The number of carbonyl (C=O) groups is 1. The highest BCUT2D eigenvalue weighted by Gasteiger charge is 2.28. The van der Waals surface area contributed by atoms with Crippen molar-refractivity contribution in [2.75, 3.05) is 6.54 Å². The average molecular weight is 458 g/mol. The van der Waals surface area contributed by atoms with E-state index in [-0.39, 0.29) is 11.1 Å². The third kappa shape index (κ3) is 4.36. The number of para-hydroxylation sites is 1. The van der Waals surface area contributed by atoms with E-state index in [1.54, 1.807) is 33.7 Å². The lowest BCUT2D eigenvalue weighted by molar-refractivity contribution is 0.0676. The first-order chi connectivity index (χ1) is 16.5. The molecule has 6 heteroatoms. The fraction of sp³-hybridized carbons (Fsp3) is 0.250. The van der Waals surface area contributed by atoms with Gasteiger partial charge in [-0.3, -0.25) is 14.2 Å². The maximum atomic E-state index is 14.5. The molecule has 0 aliphatic rings. The van der Waals surface area contributed by atoms with Crippen LogP contribution in [0.15, 0.2) is 77.6 Å². The molecule has 4 aromatic rings. The Bertz CT molecular complexity index is 1380. The third-order valence-electron chi connectivity index (χ3n) is 6.08. The van der Waals surface area contributed by atoms with Crippen LogP contribution in [-0.2, 0) is 6.42 Å². The molecule has 0 N–H and O–H groups in total. The number of aryl methyl sites for hydroxylation is 1. The van der Waals surface area contributed by atoms with Crippen LogP contribution in [-0.4, -0.2) is 26.9 Å². The second-order valence-corrected chi connectivity index (χ2v) is 8.30. The van der Waals surface area contributed by atoms with Crippen molar-refractivity contribution in [2.45, 2.75) is 39.7 Å². The van der Waals surface area contributed by atoms with Gasteiger partial charge in [-0.2, -0.15) is 0 Å². The standard InChI is InChI=1S/C28H28FN3O2/c1-4-18-31(27(33)22-10-6-8-12-24(22)29)19(3)26-30-25-13-9-7-11-23(25)28(34)32(26)21-16-14-20(5-2)15-17-21/h6-17,19H,4-5,18H2,1-3H3. The SMILES string of the molecule is CCCN(C(=O)c1ccccc1F)C(C)c1nc2ccccc2c(=O)n1-c1ccc(CC)cc1. The van der Waals surface area contributed by atoms with E-state index in [0.717, 1.165) is 12.0 Å². The Balaban J connectivity index is 1.91. The molecule has 1 heterocycles. The first-order valence-electron chi connectivity index (χ1n) is 11.6. The van der Waals surface area contributed by atoms with E-state index < -0.39 is 17.8 Å². The van der Waals surface area contributed by atoms with Gasteiger partial charge < -0.3 is 4.90 Å². The largest absolute Gasteiger partial charge is 0.329 e. The molecule has 3 aromatic carbocycles. The highest BCUT2D eigenvalue weighted by Crippen LogP contribution is 2.25. The molecule has 0 radical (unpaired) electrons. The molecule has 0 saturated heterocycles. The monoisotopic (exact) mass is 457 g/mol. The van der Waals surface area contributed by atoms with E-state index in [2.05, 4.69) is 6.92 Å². The number of aromatic nitrogens is 2. The minimum atomic E-state index is -0.574. The number of carbonyl (C=O) groups excluding carboxylic acids is 1. The van der Waals surface area contributed by atoms with Gasteiger partial charge >= 0.3 is 0 Å². The van der Waals surface area contributed by atoms with Gasteiger partial charge in [0.15, 0.2) is 0 Å². The van der Waals surface area contributed by atoms with Gasteiger partial charge in [-0.25, -0.2) is 9.37 Å². The third-order valence-corrected chi connectivity index (χ3v) is 6.08. The van der Waals surface area contributed by atoms with Gasteiger partial charge in [-0.15, -0.1) is 0 Å². The number of halogens is 1. The summed E-state index contributed by atoms with van der Waals surface area (Å²) >= 11 is 0. The second-order valence-electron chi connectivity index (χ2n) is 8.30. The van der Waals surface area contributed by atoms with Crippen LogP contribution < -0.4 is 5.56 Å². The van der Waals surface area contributed by atoms with Crippen LogP contribution in [0.4, 0.5) is 4.39 Å². The molecule has 34 heavy (non-hydrogen) atoms. The molecular weight excluding hydrogens is 429 g/mol. The van der Waals surface area contributed by atoms with Crippen molar-refractivity contribution in [3.63, 3.8) is 0 Å². The topological polar surface area (TPSA) is 55.2 Å². The molecule has 0 bridgehead atoms. The first-order valence-corrected chi connectivity index (χ1v) is 11.6. The lowest BCUT2D eigenvalue weighted by Crippen LogP contribution is -2.38. The quantitative estimate of drug-likeness (QED) is 0.358. The van der Waals surface area contributed by atoms with Crippen LogP contribution in [0.1, 0.15) is 55.0 Å². The summed E-state index contributed by atoms with van der Waals surface area (Å²) in [5, 5.41) is 0.500. The molecule has 0 aliphatic heterocycles. The molecule has 0 saturated carbocycles. The summed E-state index contributed by atoms with van der Waals surface area (Å²) in [6.45, 7) is 6.26. The highest BCUT2D eigenvalue weighted by atomic mass is 19.1. The van der Waals surface area contributed by atoms with Gasteiger partial charge in [0, 0.05) is 6.54 Å². The number of hydrogen-bond donors (Lipinski definition) is 0.